The molecule has 0 saturated heterocycles. The van der Waals surface area contributed by atoms with E-state index in [1.165, 1.54) is 0 Å². The molecule has 0 spiro atoms. The van der Waals surface area contributed by atoms with Gasteiger partial charge in [-0.05, 0) is 18.8 Å². The number of hydrogen-bond donors (Lipinski definition) is 2. The second-order valence-electron chi connectivity index (χ2n) is 4.83. The van der Waals surface area contributed by atoms with Crippen molar-refractivity contribution in [1.29, 1.82) is 0 Å². The van der Waals surface area contributed by atoms with Gasteiger partial charge in [-0.3, -0.25) is 9.48 Å². The molecular weight excluding hydrogens is 204 g/mol. The first kappa shape index (κ1) is 11.1. The fourth-order valence-corrected chi connectivity index (χ4v) is 2.45. The Kier molecular flexibility index (Phi) is 2.71. The zero-order valence-electron chi connectivity index (χ0n) is 9.73. The molecule has 1 amide bonds. The summed E-state index contributed by atoms with van der Waals surface area (Å²) in [5.74, 6) is 1.20. The average molecular weight is 222 g/mol. The molecule has 16 heavy (non-hydrogen) atoms. The van der Waals surface area contributed by atoms with E-state index in [9.17, 15) is 4.79 Å². The number of anilines is 1. The molecule has 0 atom stereocenters. The van der Waals surface area contributed by atoms with E-state index in [4.69, 9.17) is 5.73 Å². The number of rotatable bonds is 3. The third-order valence-corrected chi connectivity index (χ3v) is 3.31. The van der Waals surface area contributed by atoms with Crippen LogP contribution in [0.15, 0.2) is 12.3 Å². The Morgan fingerprint density at radius 3 is 2.88 bits per heavy atom. The first-order valence-electron chi connectivity index (χ1n) is 5.57. The Labute approximate surface area is 95.0 Å². The van der Waals surface area contributed by atoms with Gasteiger partial charge >= 0.3 is 0 Å². The van der Waals surface area contributed by atoms with Crippen LogP contribution in [0, 0.1) is 11.3 Å². The molecular formula is C11H18N4O. The Morgan fingerprint density at radius 2 is 2.44 bits per heavy atom. The maximum Gasteiger partial charge on any atom is 0.233 e. The summed E-state index contributed by atoms with van der Waals surface area (Å²) in [5, 5.41) is 6.95. The van der Waals surface area contributed by atoms with E-state index in [1.807, 2.05) is 7.05 Å². The van der Waals surface area contributed by atoms with Crippen molar-refractivity contribution in [1.82, 2.24) is 9.78 Å². The Hall–Kier alpha value is -1.36. The predicted octanol–water partition coefficient (Wildman–Crippen LogP) is 0.734. The van der Waals surface area contributed by atoms with Crippen LogP contribution in [0.25, 0.3) is 0 Å². The Bertz CT molecular complexity index is 392. The minimum absolute atomic E-state index is 0.00630. The van der Waals surface area contributed by atoms with E-state index < -0.39 is 0 Å². The lowest BCUT2D eigenvalue weighted by Gasteiger charge is -2.43. The number of nitrogens with one attached hydrogen (secondary N) is 1. The van der Waals surface area contributed by atoms with Gasteiger partial charge in [0.15, 0.2) is 5.82 Å². The fourth-order valence-electron chi connectivity index (χ4n) is 2.45. The zero-order chi connectivity index (χ0) is 11.8. The molecule has 3 N–H and O–H groups in total. The highest BCUT2D eigenvalue weighted by molar-refractivity contribution is 5.95. The molecule has 1 aliphatic carbocycles. The van der Waals surface area contributed by atoms with Crippen molar-refractivity contribution in [2.75, 3.05) is 11.9 Å². The molecule has 0 radical (unpaired) electrons. The number of hydrogen-bond acceptors (Lipinski definition) is 3. The SMILES string of the molecule is CC1CC(CN)(C(=O)Nc2ccn(C)n2)C1. The summed E-state index contributed by atoms with van der Waals surface area (Å²) >= 11 is 0. The summed E-state index contributed by atoms with van der Waals surface area (Å²) in [5.41, 5.74) is 5.34. The average Bonchev–Trinajstić information content (AvgIpc) is 2.58. The van der Waals surface area contributed by atoms with Crippen LogP contribution in [-0.4, -0.2) is 22.2 Å². The van der Waals surface area contributed by atoms with Crippen LogP contribution in [0.1, 0.15) is 19.8 Å². The quantitative estimate of drug-likeness (QED) is 0.792. The van der Waals surface area contributed by atoms with Crippen LogP contribution in [0.2, 0.25) is 0 Å². The maximum atomic E-state index is 12.1. The summed E-state index contributed by atoms with van der Waals surface area (Å²) in [7, 11) is 1.82. The van der Waals surface area contributed by atoms with Gasteiger partial charge in [0.1, 0.15) is 0 Å². The van der Waals surface area contributed by atoms with E-state index in [-0.39, 0.29) is 11.3 Å². The normalized spacial score (nSPS) is 28.6. The second kappa shape index (κ2) is 3.90. The number of amides is 1. The molecule has 1 saturated carbocycles. The molecule has 1 fully saturated rings. The number of carbonyl (C=O) groups excluding carboxylic acids is 1. The van der Waals surface area contributed by atoms with Crippen molar-refractivity contribution in [2.45, 2.75) is 19.8 Å². The van der Waals surface area contributed by atoms with Crippen molar-refractivity contribution >= 4 is 11.7 Å². The standard InChI is InChI=1S/C11H18N4O/c1-8-5-11(6-8,7-12)10(16)13-9-3-4-15(2)14-9/h3-4,8H,5-7,12H2,1-2H3,(H,13,14,16). The number of carbonyl (C=O) groups is 1. The lowest BCUT2D eigenvalue weighted by molar-refractivity contribution is -0.132. The first-order valence-corrected chi connectivity index (χ1v) is 5.57. The first-order chi connectivity index (χ1) is 7.55. The van der Waals surface area contributed by atoms with Crippen LogP contribution in [0.4, 0.5) is 5.82 Å². The highest BCUT2D eigenvalue weighted by Crippen LogP contribution is 2.45. The smallest absolute Gasteiger partial charge is 0.233 e. The van der Waals surface area contributed by atoms with Crippen molar-refractivity contribution in [3.05, 3.63) is 12.3 Å². The number of aryl methyl sites for hydroxylation is 1. The highest BCUT2D eigenvalue weighted by atomic mass is 16.2. The van der Waals surface area contributed by atoms with Gasteiger partial charge in [-0.25, -0.2) is 0 Å². The van der Waals surface area contributed by atoms with Gasteiger partial charge in [-0.2, -0.15) is 5.10 Å². The van der Waals surface area contributed by atoms with Crippen molar-refractivity contribution < 1.29 is 4.79 Å². The molecule has 88 valence electrons. The minimum Gasteiger partial charge on any atom is -0.329 e. The largest absolute Gasteiger partial charge is 0.329 e. The molecule has 0 aliphatic heterocycles. The second-order valence-corrected chi connectivity index (χ2v) is 4.83. The van der Waals surface area contributed by atoms with Crippen molar-refractivity contribution in [3.8, 4) is 0 Å². The zero-order valence-corrected chi connectivity index (χ0v) is 9.73. The van der Waals surface area contributed by atoms with E-state index in [0.29, 0.717) is 18.3 Å². The van der Waals surface area contributed by atoms with Gasteiger partial charge in [0, 0.05) is 25.9 Å². The molecule has 1 aliphatic rings. The molecule has 5 heteroatoms. The van der Waals surface area contributed by atoms with Gasteiger partial charge < -0.3 is 11.1 Å². The van der Waals surface area contributed by atoms with E-state index in [0.717, 1.165) is 12.8 Å². The van der Waals surface area contributed by atoms with E-state index in [1.54, 1.807) is 16.9 Å². The monoisotopic (exact) mass is 222 g/mol. The molecule has 0 aromatic carbocycles. The summed E-state index contributed by atoms with van der Waals surface area (Å²) in [6, 6.07) is 1.78. The number of nitrogens with two attached hydrogens (primary N) is 1. The lowest BCUT2D eigenvalue weighted by atomic mass is 9.62. The van der Waals surface area contributed by atoms with Crippen LogP contribution in [-0.2, 0) is 11.8 Å². The van der Waals surface area contributed by atoms with Gasteiger partial charge in [0.05, 0.1) is 5.41 Å². The van der Waals surface area contributed by atoms with Gasteiger partial charge in [0.25, 0.3) is 0 Å². The molecule has 2 rings (SSSR count). The van der Waals surface area contributed by atoms with Gasteiger partial charge in [-0.15, -0.1) is 0 Å². The van der Waals surface area contributed by atoms with Crippen LogP contribution < -0.4 is 11.1 Å². The molecule has 0 unspecified atom stereocenters. The van der Waals surface area contributed by atoms with Crippen molar-refractivity contribution in [3.63, 3.8) is 0 Å². The Morgan fingerprint density at radius 1 is 1.75 bits per heavy atom. The summed E-state index contributed by atoms with van der Waals surface area (Å²) in [6.45, 7) is 2.55. The van der Waals surface area contributed by atoms with Crippen LogP contribution >= 0.6 is 0 Å². The minimum atomic E-state index is -0.364. The third kappa shape index (κ3) is 1.82. The molecule has 1 heterocycles. The number of aromatic nitrogens is 2. The van der Waals surface area contributed by atoms with Crippen LogP contribution in [0.3, 0.4) is 0 Å². The summed E-state index contributed by atoms with van der Waals surface area (Å²) in [6.07, 6.45) is 3.55. The third-order valence-electron chi connectivity index (χ3n) is 3.31. The molecule has 5 nitrogen and oxygen atoms in total. The maximum absolute atomic E-state index is 12.1. The summed E-state index contributed by atoms with van der Waals surface area (Å²) in [4.78, 5) is 12.1. The molecule has 0 bridgehead atoms. The van der Waals surface area contributed by atoms with Crippen molar-refractivity contribution in [2.24, 2.45) is 24.1 Å². The predicted molar refractivity (Wildman–Crippen MR) is 61.7 cm³/mol. The molecule has 1 aromatic heterocycles. The fraction of sp³-hybridized carbons (Fsp3) is 0.636. The van der Waals surface area contributed by atoms with Gasteiger partial charge in [0.2, 0.25) is 5.91 Å². The lowest BCUT2D eigenvalue weighted by Crippen LogP contribution is -2.51. The van der Waals surface area contributed by atoms with E-state index >= 15 is 0 Å². The number of nitrogens with zero attached hydrogens (tertiary/aromatic N) is 2. The van der Waals surface area contributed by atoms with E-state index in [2.05, 4.69) is 17.3 Å². The highest BCUT2D eigenvalue weighted by Gasteiger charge is 2.47. The summed E-state index contributed by atoms with van der Waals surface area (Å²) < 4.78 is 1.66. The van der Waals surface area contributed by atoms with Gasteiger partial charge in [-0.1, -0.05) is 6.92 Å². The Balaban J connectivity index is 2.02. The van der Waals surface area contributed by atoms with Crippen LogP contribution in [0.5, 0.6) is 0 Å². The molecule has 1 aromatic rings. The topological polar surface area (TPSA) is 72.9 Å².